The molecule has 0 aromatic heterocycles. The van der Waals surface area contributed by atoms with Gasteiger partial charge in [0.2, 0.25) is 0 Å². The average Bonchev–Trinajstić information content (AvgIpc) is 2.95. The first-order valence-corrected chi connectivity index (χ1v) is 11.1. The molecule has 1 saturated heterocycles. The molecule has 0 amide bonds. The molecule has 2 aliphatic rings. The predicted molar refractivity (Wildman–Crippen MR) is 101 cm³/mol. The molecular formula is C21H33OP. The highest BCUT2D eigenvalue weighted by Gasteiger charge is 2.36. The van der Waals surface area contributed by atoms with Crippen LogP contribution in [0.5, 0.6) is 0 Å². The fourth-order valence-electron chi connectivity index (χ4n) is 4.45. The summed E-state index contributed by atoms with van der Waals surface area (Å²) in [5.41, 5.74) is 2.28. The minimum atomic E-state index is -0.226. The van der Waals surface area contributed by atoms with Gasteiger partial charge >= 0.3 is 0 Å². The Labute approximate surface area is 144 Å². The Morgan fingerprint density at radius 1 is 1.13 bits per heavy atom. The lowest BCUT2D eigenvalue weighted by Crippen LogP contribution is -2.33. The van der Waals surface area contributed by atoms with Gasteiger partial charge in [-0.05, 0) is 61.6 Å². The zero-order valence-corrected chi connectivity index (χ0v) is 16.0. The Kier molecular flexibility index (Phi) is 6.16. The fraction of sp³-hybridized carbons (Fsp3) is 0.714. The van der Waals surface area contributed by atoms with E-state index in [9.17, 15) is 0 Å². The van der Waals surface area contributed by atoms with Crippen molar-refractivity contribution < 1.29 is 4.52 Å². The van der Waals surface area contributed by atoms with Crippen molar-refractivity contribution in [2.75, 3.05) is 6.16 Å². The SMILES string of the molecule is CC(C)C1CC[C@H](C)CC1OP1CCC[C@@H]1Cc1ccccc1. The molecule has 23 heavy (non-hydrogen) atoms. The highest BCUT2D eigenvalue weighted by Crippen LogP contribution is 2.55. The zero-order chi connectivity index (χ0) is 16.2. The van der Waals surface area contributed by atoms with E-state index in [0.717, 1.165) is 23.4 Å². The molecule has 128 valence electrons. The molecule has 2 heteroatoms. The Morgan fingerprint density at radius 3 is 2.65 bits per heavy atom. The number of hydrogen-bond acceptors (Lipinski definition) is 1. The third-order valence-electron chi connectivity index (χ3n) is 5.87. The maximum atomic E-state index is 6.85. The highest BCUT2D eigenvalue weighted by molar-refractivity contribution is 7.53. The van der Waals surface area contributed by atoms with Crippen LogP contribution in [-0.4, -0.2) is 17.9 Å². The normalized spacial score (nSPS) is 34.9. The van der Waals surface area contributed by atoms with E-state index in [2.05, 4.69) is 51.1 Å². The van der Waals surface area contributed by atoms with E-state index in [1.807, 2.05) is 0 Å². The van der Waals surface area contributed by atoms with Crippen LogP contribution < -0.4 is 0 Å². The van der Waals surface area contributed by atoms with Crippen LogP contribution in [0.25, 0.3) is 0 Å². The van der Waals surface area contributed by atoms with Crippen LogP contribution in [0, 0.1) is 17.8 Å². The molecule has 1 heterocycles. The van der Waals surface area contributed by atoms with Crippen LogP contribution >= 0.6 is 8.15 Å². The standard InChI is InChI=1S/C21H33OP/c1-16(2)20-12-11-17(3)14-21(20)22-23-13-7-10-19(23)15-18-8-5-4-6-9-18/h4-6,8-9,16-17,19-21H,7,10-15H2,1-3H3/t17-,19+,20?,21?,23?/m0/s1. The highest BCUT2D eigenvalue weighted by atomic mass is 31.1. The zero-order valence-electron chi connectivity index (χ0n) is 15.1. The maximum Gasteiger partial charge on any atom is 0.0651 e. The van der Waals surface area contributed by atoms with Gasteiger partial charge in [0, 0.05) is 13.8 Å². The van der Waals surface area contributed by atoms with Crippen LogP contribution in [0.15, 0.2) is 30.3 Å². The summed E-state index contributed by atoms with van der Waals surface area (Å²) in [5.74, 6) is 2.39. The van der Waals surface area contributed by atoms with Crippen LogP contribution in [0.4, 0.5) is 0 Å². The Bertz CT molecular complexity index is 472. The first kappa shape index (κ1) is 17.4. The van der Waals surface area contributed by atoms with Gasteiger partial charge in [-0.1, -0.05) is 57.5 Å². The molecule has 1 aliphatic carbocycles. The molecule has 0 spiro atoms. The fourth-order valence-corrected chi connectivity index (χ4v) is 7.06. The second-order valence-electron chi connectivity index (χ2n) is 8.10. The number of hydrogen-bond donors (Lipinski definition) is 0. The molecule has 3 rings (SSSR count). The quantitative estimate of drug-likeness (QED) is 0.578. The van der Waals surface area contributed by atoms with Crippen LogP contribution in [0.1, 0.15) is 58.4 Å². The molecule has 0 N–H and O–H groups in total. The summed E-state index contributed by atoms with van der Waals surface area (Å²) >= 11 is 0. The Hall–Kier alpha value is -0.390. The summed E-state index contributed by atoms with van der Waals surface area (Å²) in [6.07, 6.45) is 9.89. The van der Waals surface area contributed by atoms with E-state index in [4.69, 9.17) is 4.52 Å². The number of rotatable bonds is 5. The Balaban J connectivity index is 1.62. The second kappa shape index (κ2) is 8.13. The molecule has 1 nitrogen and oxygen atoms in total. The summed E-state index contributed by atoms with van der Waals surface area (Å²) < 4.78 is 6.85. The number of benzene rings is 1. The van der Waals surface area contributed by atoms with Crippen molar-refractivity contribution in [3.05, 3.63) is 35.9 Å². The third kappa shape index (κ3) is 4.58. The van der Waals surface area contributed by atoms with Crippen molar-refractivity contribution in [1.29, 1.82) is 0 Å². The summed E-state index contributed by atoms with van der Waals surface area (Å²) in [7, 11) is -0.226. The van der Waals surface area contributed by atoms with Gasteiger partial charge in [-0.25, -0.2) is 0 Å². The van der Waals surface area contributed by atoms with Gasteiger partial charge in [-0.15, -0.1) is 0 Å². The molecule has 0 bridgehead atoms. The molecule has 1 aliphatic heterocycles. The first-order chi connectivity index (χ1) is 11.1. The van der Waals surface area contributed by atoms with E-state index in [1.54, 1.807) is 0 Å². The van der Waals surface area contributed by atoms with Gasteiger partial charge in [0.15, 0.2) is 0 Å². The molecular weight excluding hydrogens is 299 g/mol. The van der Waals surface area contributed by atoms with Crippen molar-refractivity contribution in [1.82, 2.24) is 0 Å². The predicted octanol–water partition coefficient (Wildman–Crippen LogP) is 6.27. The van der Waals surface area contributed by atoms with Gasteiger partial charge in [0.1, 0.15) is 0 Å². The average molecular weight is 332 g/mol. The van der Waals surface area contributed by atoms with Crippen LogP contribution in [0.3, 0.4) is 0 Å². The lowest BCUT2D eigenvalue weighted by atomic mass is 9.75. The van der Waals surface area contributed by atoms with Crippen molar-refractivity contribution >= 4 is 8.15 Å². The maximum absolute atomic E-state index is 6.85. The molecule has 5 atom stereocenters. The molecule has 1 aromatic rings. The van der Waals surface area contributed by atoms with E-state index in [0.29, 0.717) is 6.10 Å². The second-order valence-corrected chi connectivity index (χ2v) is 10.3. The van der Waals surface area contributed by atoms with E-state index < -0.39 is 0 Å². The minimum absolute atomic E-state index is 0.226. The topological polar surface area (TPSA) is 9.23 Å². The van der Waals surface area contributed by atoms with E-state index >= 15 is 0 Å². The summed E-state index contributed by atoms with van der Waals surface area (Å²) in [6.45, 7) is 7.19. The largest absolute Gasteiger partial charge is 0.355 e. The van der Waals surface area contributed by atoms with Crippen molar-refractivity contribution in [2.45, 2.75) is 71.1 Å². The lowest BCUT2D eigenvalue weighted by molar-refractivity contribution is 0.0548. The van der Waals surface area contributed by atoms with Gasteiger partial charge in [-0.2, -0.15) is 0 Å². The molecule has 2 fully saturated rings. The van der Waals surface area contributed by atoms with E-state index in [1.165, 1.54) is 50.3 Å². The molecule has 1 aromatic carbocycles. The summed E-state index contributed by atoms with van der Waals surface area (Å²) in [5, 5.41) is 0. The monoisotopic (exact) mass is 332 g/mol. The third-order valence-corrected chi connectivity index (χ3v) is 8.42. The summed E-state index contributed by atoms with van der Waals surface area (Å²) in [4.78, 5) is 0. The van der Waals surface area contributed by atoms with E-state index in [-0.39, 0.29) is 8.15 Å². The van der Waals surface area contributed by atoms with Crippen LogP contribution in [-0.2, 0) is 10.9 Å². The Morgan fingerprint density at radius 2 is 1.91 bits per heavy atom. The van der Waals surface area contributed by atoms with Crippen molar-refractivity contribution in [3.8, 4) is 0 Å². The molecule has 3 unspecified atom stereocenters. The van der Waals surface area contributed by atoms with Crippen molar-refractivity contribution in [2.24, 2.45) is 17.8 Å². The van der Waals surface area contributed by atoms with Crippen LogP contribution in [0.2, 0.25) is 0 Å². The van der Waals surface area contributed by atoms with Gasteiger partial charge < -0.3 is 4.52 Å². The summed E-state index contributed by atoms with van der Waals surface area (Å²) in [6, 6.07) is 11.0. The minimum Gasteiger partial charge on any atom is -0.355 e. The molecule has 0 radical (unpaired) electrons. The van der Waals surface area contributed by atoms with Gasteiger partial charge in [0.05, 0.1) is 6.10 Å². The first-order valence-electron chi connectivity index (χ1n) is 9.61. The lowest BCUT2D eigenvalue weighted by Gasteiger charge is -2.39. The molecule has 1 saturated carbocycles. The van der Waals surface area contributed by atoms with Gasteiger partial charge in [0.25, 0.3) is 0 Å². The van der Waals surface area contributed by atoms with Gasteiger partial charge in [-0.3, -0.25) is 0 Å². The smallest absolute Gasteiger partial charge is 0.0651 e. The van der Waals surface area contributed by atoms with Crippen molar-refractivity contribution in [3.63, 3.8) is 0 Å².